The van der Waals surface area contributed by atoms with Gasteiger partial charge in [-0.15, -0.1) is 0 Å². The molecule has 7 nitrogen and oxygen atoms in total. The van der Waals surface area contributed by atoms with Gasteiger partial charge in [0.15, 0.2) is 5.60 Å². The molecule has 2 aromatic carbocycles. The molecule has 0 spiro atoms. The number of hydrogen-bond donors (Lipinski definition) is 2. The van der Waals surface area contributed by atoms with Crippen LogP contribution < -0.4 is 4.90 Å². The summed E-state index contributed by atoms with van der Waals surface area (Å²) in [7, 11) is 1.63. The van der Waals surface area contributed by atoms with Gasteiger partial charge in [0.05, 0.1) is 17.3 Å². The molecule has 2 aromatic rings. The number of aliphatic imine (C=N–C) groups is 1. The number of aliphatic hydroxyl groups excluding tert-OH is 1. The SMILES string of the molecule is CC(=NCCc1ccccc1)C1=C(O)[C@@H]2[C@@H]3[C@@H](Cc4cc(Cl)cc5c4[C@@]3(O)C(=O)N5C)C(C)(C)N2C1=O. The van der Waals surface area contributed by atoms with Crippen molar-refractivity contribution in [1.29, 1.82) is 0 Å². The Kier molecular flexibility index (Phi) is 5.18. The van der Waals surface area contributed by atoms with Gasteiger partial charge >= 0.3 is 0 Å². The van der Waals surface area contributed by atoms with Crippen LogP contribution in [0.15, 0.2) is 58.8 Å². The van der Waals surface area contributed by atoms with Crippen LogP contribution in [0, 0.1) is 11.8 Å². The Bertz CT molecular complexity index is 1420. The van der Waals surface area contributed by atoms with E-state index in [0.717, 1.165) is 11.1 Å². The Morgan fingerprint density at radius 1 is 1.19 bits per heavy atom. The molecule has 3 aliphatic heterocycles. The Labute approximate surface area is 221 Å². The van der Waals surface area contributed by atoms with Crippen LogP contribution in [0.25, 0.3) is 0 Å². The first kappa shape index (κ1) is 24.2. The molecule has 8 heteroatoms. The normalized spacial score (nSPS) is 29.7. The first-order valence-corrected chi connectivity index (χ1v) is 13.0. The summed E-state index contributed by atoms with van der Waals surface area (Å²) in [5.41, 5.74) is 1.12. The van der Waals surface area contributed by atoms with Crippen LogP contribution in [0.3, 0.4) is 0 Å². The van der Waals surface area contributed by atoms with Crippen LogP contribution in [0.1, 0.15) is 37.5 Å². The zero-order valence-electron chi connectivity index (χ0n) is 21.3. The summed E-state index contributed by atoms with van der Waals surface area (Å²) in [5, 5.41) is 24.3. The van der Waals surface area contributed by atoms with Gasteiger partial charge in [-0.05, 0) is 62.8 Å². The molecule has 0 bridgehead atoms. The molecule has 0 saturated carbocycles. The third-order valence-electron chi connectivity index (χ3n) is 8.96. The maximum Gasteiger partial charge on any atom is 0.263 e. The van der Waals surface area contributed by atoms with E-state index in [9.17, 15) is 19.8 Å². The van der Waals surface area contributed by atoms with Crippen molar-refractivity contribution >= 4 is 34.8 Å². The fraction of sp³-hybridized carbons (Fsp3) is 0.414. The molecule has 6 rings (SSSR count). The fourth-order valence-corrected chi connectivity index (χ4v) is 7.49. The molecule has 2 N–H and O–H groups in total. The van der Waals surface area contributed by atoms with Gasteiger partial charge in [-0.1, -0.05) is 41.9 Å². The molecule has 0 radical (unpaired) electrons. The number of likely N-dealkylation sites (N-methyl/N-ethyl adjacent to an activating group) is 1. The number of fused-ring (bicyclic) bond motifs is 4. The lowest BCUT2D eigenvalue weighted by Gasteiger charge is -2.42. The standard InChI is InChI=1S/C29H30ClN3O4/c1-15(31-11-10-16-8-6-5-7-9-16)21-25(34)24-23-19(28(2,3)33(24)26(21)35)13-17-12-18(30)14-20-22(17)29(23,37)27(36)32(20)4/h5-9,12,14,19,23-24,34,37H,10-11,13H2,1-4H3/t19-,23+,24+,29+/m1/s1. The van der Waals surface area contributed by atoms with Crippen molar-refractivity contribution in [3.05, 3.63) is 75.5 Å². The lowest BCUT2D eigenvalue weighted by atomic mass is 9.62. The molecule has 1 fully saturated rings. The van der Waals surface area contributed by atoms with Crippen LogP contribution >= 0.6 is 11.6 Å². The zero-order chi connectivity index (χ0) is 26.4. The average Bonchev–Trinajstić information content (AvgIpc) is 3.33. The highest BCUT2D eigenvalue weighted by Gasteiger charge is 2.72. The highest BCUT2D eigenvalue weighted by atomic mass is 35.5. The fourth-order valence-electron chi connectivity index (χ4n) is 7.26. The first-order valence-electron chi connectivity index (χ1n) is 12.6. The third kappa shape index (κ3) is 3.07. The van der Waals surface area contributed by atoms with Gasteiger partial charge in [-0.25, -0.2) is 0 Å². The van der Waals surface area contributed by atoms with E-state index in [-0.39, 0.29) is 23.2 Å². The number of halogens is 1. The van der Waals surface area contributed by atoms with Crippen LogP contribution in [0.2, 0.25) is 5.02 Å². The highest BCUT2D eigenvalue weighted by Crippen LogP contribution is 2.62. The van der Waals surface area contributed by atoms with Crippen molar-refractivity contribution in [2.24, 2.45) is 16.8 Å². The molecule has 4 aliphatic rings. The molecule has 2 amide bonds. The highest BCUT2D eigenvalue weighted by molar-refractivity contribution is 6.31. The molecule has 37 heavy (non-hydrogen) atoms. The van der Waals surface area contributed by atoms with E-state index in [1.165, 1.54) is 4.90 Å². The van der Waals surface area contributed by atoms with Gasteiger partial charge < -0.3 is 20.0 Å². The Hall–Kier alpha value is -3.16. The lowest BCUT2D eigenvalue weighted by molar-refractivity contribution is -0.147. The second-order valence-electron chi connectivity index (χ2n) is 11.2. The molecular weight excluding hydrogens is 490 g/mol. The van der Waals surface area contributed by atoms with Gasteiger partial charge in [0.25, 0.3) is 11.8 Å². The molecule has 0 aromatic heterocycles. The van der Waals surface area contributed by atoms with Crippen molar-refractivity contribution in [3.8, 4) is 0 Å². The number of benzene rings is 2. The van der Waals surface area contributed by atoms with Gasteiger partial charge in [-0.2, -0.15) is 0 Å². The molecule has 1 saturated heterocycles. The van der Waals surface area contributed by atoms with E-state index in [4.69, 9.17) is 11.6 Å². The van der Waals surface area contributed by atoms with E-state index >= 15 is 0 Å². The second kappa shape index (κ2) is 7.92. The van der Waals surface area contributed by atoms with E-state index in [1.54, 1.807) is 31.0 Å². The minimum absolute atomic E-state index is 0.110. The number of nitrogens with zero attached hydrogens (tertiary/aromatic N) is 3. The van der Waals surface area contributed by atoms with E-state index in [2.05, 4.69) is 4.99 Å². The predicted molar refractivity (Wildman–Crippen MR) is 142 cm³/mol. The second-order valence-corrected chi connectivity index (χ2v) is 11.6. The molecule has 4 atom stereocenters. The Balaban J connectivity index is 1.43. The van der Waals surface area contributed by atoms with E-state index < -0.39 is 29.0 Å². The van der Waals surface area contributed by atoms with Crippen molar-refractivity contribution in [1.82, 2.24) is 4.90 Å². The number of anilines is 1. The number of hydrogen-bond acceptors (Lipinski definition) is 5. The van der Waals surface area contributed by atoms with Crippen LogP contribution in [-0.2, 0) is 28.0 Å². The molecular formula is C29H30ClN3O4. The van der Waals surface area contributed by atoms with Gasteiger partial charge in [0.1, 0.15) is 5.76 Å². The van der Waals surface area contributed by atoms with Crippen LogP contribution in [0.5, 0.6) is 0 Å². The monoisotopic (exact) mass is 519 g/mol. The summed E-state index contributed by atoms with van der Waals surface area (Å²) < 4.78 is 0. The molecule has 1 aliphatic carbocycles. The molecule has 0 unspecified atom stereocenters. The number of rotatable bonds is 4. The smallest absolute Gasteiger partial charge is 0.263 e. The van der Waals surface area contributed by atoms with Crippen molar-refractivity contribution in [2.45, 2.75) is 50.8 Å². The van der Waals surface area contributed by atoms with Gasteiger partial charge in [-0.3, -0.25) is 14.6 Å². The summed E-state index contributed by atoms with van der Waals surface area (Å²) in [6, 6.07) is 12.6. The zero-order valence-corrected chi connectivity index (χ0v) is 22.1. The number of carbonyl (C=O) groups excluding carboxylic acids is 2. The summed E-state index contributed by atoms with van der Waals surface area (Å²) in [6.07, 6.45) is 1.25. The lowest BCUT2D eigenvalue weighted by Crippen LogP contribution is -2.53. The van der Waals surface area contributed by atoms with Crippen molar-refractivity contribution in [2.75, 3.05) is 18.5 Å². The minimum Gasteiger partial charge on any atom is -0.509 e. The largest absolute Gasteiger partial charge is 0.509 e. The summed E-state index contributed by atoms with van der Waals surface area (Å²) in [6.45, 7) is 6.11. The summed E-state index contributed by atoms with van der Waals surface area (Å²) >= 11 is 6.38. The third-order valence-corrected chi connectivity index (χ3v) is 9.18. The molecule has 3 heterocycles. The molecule has 192 valence electrons. The number of carbonyl (C=O) groups is 2. The van der Waals surface area contributed by atoms with E-state index in [1.807, 2.05) is 44.2 Å². The summed E-state index contributed by atoms with van der Waals surface area (Å²) in [4.78, 5) is 35.2. The van der Waals surface area contributed by atoms with Crippen LogP contribution in [-0.4, -0.2) is 57.8 Å². The van der Waals surface area contributed by atoms with Gasteiger partial charge in [0.2, 0.25) is 0 Å². The van der Waals surface area contributed by atoms with Crippen LogP contribution in [0.4, 0.5) is 5.69 Å². The minimum atomic E-state index is -1.87. The van der Waals surface area contributed by atoms with E-state index in [0.29, 0.717) is 41.4 Å². The summed E-state index contributed by atoms with van der Waals surface area (Å²) in [5.74, 6) is -1.85. The van der Waals surface area contributed by atoms with Gasteiger partial charge in [0, 0.05) is 41.3 Å². The quantitative estimate of drug-likeness (QED) is 0.601. The number of aliphatic hydroxyl groups is 2. The number of amides is 2. The Morgan fingerprint density at radius 3 is 2.59 bits per heavy atom. The van der Waals surface area contributed by atoms with Crippen molar-refractivity contribution in [3.63, 3.8) is 0 Å². The Morgan fingerprint density at radius 2 is 1.89 bits per heavy atom. The average molecular weight is 520 g/mol. The van der Waals surface area contributed by atoms with Crippen molar-refractivity contribution < 1.29 is 19.8 Å². The maximum absolute atomic E-state index is 13.8. The predicted octanol–water partition coefficient (Wildman–Crippen LogP) is 3.81. The maximum atomic E-state index is 13.8. The topological polar surface area (TPSA) is 93.4 Å². The first-order chi connectivity index (χ1) is 17.5.